The van der Waals surface area contributed by atoms with Crippen molar-refractivity contribution in [2.75, 3.05) is 18.7 Å². The maximum Gasteiger partial charge on any atom is 0.356 e. The van der Waals surface area contributed by atoms with Gasteiger partial charge in [0.15, 0.2) is 11.5 Å². The van der Waals surface area contributed by atoms with Crippen molar-refractivity contribution in [3.63, 3.8) is 0 Å². The molecular weight excluding hydrogens is 436 g/mol. The van der Waals surface area contributed by atoms with E-state index >= 15 is 0 Å². The third kappa shape index (κ3) is 4.48. The van der Waals surface area contributed by atoms with Crippen LogP contribution in [0.3, 0.4) is 0 Å². The Morgan fingerprint density at radius 3 is 3.10 bits per heavy atom. The number of anilines is 1. The van der Waals surface area contributed by atoms with Crippen molar-refractivity contribution in [2.45, 2.75) is 32.1 Å². The van der Waals surface area contributed by atoms with E-state index in [9.17, 15) is 8.96 Å². The van der Waals surface area contributed by atoms with Gasteiger partial charge >= 0.3 is 7.60 Å². The molecule has 1 aliphatic heterocycles. The molecule has 2 N–H and O–H groups in total. The number of hydrogen-bond donors (Lipinski definition) is 1. The highest BCUT2D eigenvalue weighted by Crippen LogP contribution is 2.56. The largest absolute Gasteiger partial charge is 0.382 e. The van der Waals surface area contributed by atoms with Gasteiger partial charge in [0.2, 0.25) is 0 Å². The van der Waals surface area contributed by atoms with Crippen molar-refractivity contribution in [2.24, 2.45) is 0 Å². The summed E-state index contributed by atoms with van der Waals surface area (Å²) < 4.78 is 45.6. The highest BCUT2D eigenvalue weighted by Gasteiger charge is 2.36. The number of nitrogen functional groups attached to an aromatic ring is 1. The van der Waals surface area contributed by atoms with Gasteiger partial charge in [-0.25, -0.2) is 19.3 Å². The molecular formula is C18H20ClFN5O4P. The van der Waals surface area contributed by atoms with Gasteiger partial charge in [-0.15, -0.1) is 0 Å². The number of fused-ring (bicyclic) bond motifs is 1. The third-order valence-electron chi connectivity index (χ3n) is 4.66. The number of imidazole rings is 1. The first-order valence-electron chi connectivity index (χ1n) is 9.24. The van der Waals surface area contributed by atoms with Gasteiger partial charge in [-0.3, -0.25) is 9.09 Å². The molecule has 0 amide bonds. The Bertz CT molecular complexity index is 1110. The van der Waals surface area contributed by atoms with E-state index in [0.717, 1.165) is 0 Å². The van der Waals surface area contributed by atoms with Gasteiger partial charge in [0.25, 0.3) is 0 Å². The van der Waals surface area contributed by atoms with E-state index in [1.165, 1.54) is 24.5 Å². The lowest BCUT2D eigenvalue weighted by atomic mass is 10.1. The van der Waals surface area contributed by atoms with Crippen LogP contribution in [0.15, 0.2) is 30.9 Å². The average Bonchev–Trinajstić information content (AvgIpc) is 3.12. The lowest BCUT2D eigenvalue weighted by Gasteiger charge is -2.30. The highest BCUT2D eigenvalue weighted by molar-refractivity contribution is 7.53. The van der Waals surface area contributed by atoms with Gasteiger partial charge in [0.1, 0.15) is 24.0 Å². The fourth-order valence-electron chi connectivity index (χ4n) is 3.20. The molecule has 0 radical (unpaired) electrons. The minimum atomic E-state index is -3.57. The van der Waals surface area contributed by atoms with E-state index in [1.807, 2.05) is 0 Å². The van der Waals surface area contributed by atoms with E-state index in [2.05, 4.69) is 15.0 Å². The first-order chi connectivity index (χ1) is 14.3. The summed E-state index contributed by atoms with van der Waals surface area (Å²) in [5.74, 6) is -0.180. The molecule has 0 aliphatic carbocycles. The summed E-state index contributed by atoms with van der Waals surface area (Å²) in [5.41, 5.74) is 7.12. The molecule has 1 unspecified atom stereocenters. The van der Waals surface area contributed by atoms with Gasteiger partial charge in [0, 0.05) is 17.0 Å². The minimum Gasteiger partial charge on any atom is -0.382 e. The second kappa shape index (κ2) is 8.56. The zero-order valence-electron chi connectivity index (χ0n) is 16.1. The van der Waals surface area contributed by atoms with Gasteiger partial charge in [0.05, 0.1) is 31.7 Å². The Kier molecular flexibility index (Phi) is 6.04. The molecule has 3 heterocycles. The number of nitrogens with two attached hydrogens (primary N) is 1. The van der Waals surface area contributed by atoms with Crippen molar-refractivity contribution in [1.82, 2.24) is 19.5 Å². The Hall–Kier alpha value is -2.10. The predicted octanol–water partition coefficient (Wildman–Crippen LogP) is 3.93. The second-order valence-corrected chi connectivity index (χ2v) is 9.31. The van der Waals surface area contributed by atoms with E-state index < -0.39 is 19.5 Å². The Labute approximate surface area is 176 Å². The molecule has 4 rings (SSSR count). The van der Waals surface area contributed by atoms with E-state index in [1.54, 1.807) is 17.8 Å². The number of aromatic nitrogens is 4. The van der Waals surface area contributed by atoms with Crippen LogP contribution in [0.4, 0.5) is 10.2 Å². The molecule has 3 atom stereocenters. The van der Waals surface area contributed by atoms with Crippen LogP contribution in [0.2, 0.25) is 5.02 Å². The lowest BCUT2D eigenvalue weighted by Crippen LogP contribution is -2.21. The lowest BCUT2D eigenvalue weighted by molar-refractivity contribution is 0.0331. The maximum atomic E-state index is 14.2. The van der Waals surface area contributed by atoms with Crippen LogP contribution in [0.5, 0.6) is 0 Å². The van der Waals surface area contributed by atoms with Crippen molar-refractivity contribution in [3.8, 4) is 0 Å². The maximum absolute atomic E-state index is 14.2. The van der Waals surface area contributed by atoms with Crippen LogP contribution in [0, 0.1) is 5.82 Å². The summed E-state index contributed by atoms with van der Waals surface area (Å²) in [7, 11) is -3.57. The van der Waals surface area contributed by atoms with Gasteiger partial charge in [-0.1, -0.05) is 11.6 Å². The van der Waals surface area contributed by atoms with E-state index in [4.69, 9.17) is 31.1 Å². The van der Waals surface area contributed by atoms with Gasteiger partial charge in [-0.05, 0) is 25.1 Å². The number of halogens is 2. The highest BCUT2D eigenvalue weighted by atomic mass is 35.5. The molecule has 0 spiro atoms. The summed E-state index contributed by atoms with van der Waals surface area (Å²) in [6.45, 7) is 2.36. The molecule has 3 aromatic rings. The smallest absolute Gasteiger partial charge is 0.356 e. The van der Waals surface area contributed by atoms with Crippen LogP contribution >= 0.6 is 19.2 Å². The normalized spacial score (nSPS) is 23.0. The number of benzene rings is 1. The van der Waals surface area contributed by atoms with Crippen molar-refractivity contribution in [1.29, 1.82) is 0 Å². The molecule has 9 nitrogen and oxygen atoms in total. The van der Waals surface area contributed by atoms with Crippen LogP contribution in [-0.2, 0) is 24.9 Å². The quantitative estimate of drug-likeness (QED) is 0.556. The molecule has 0 saturated carbocycles. The van der Waals surface area contributed by atoms with Crippen molar-refractivity contribution >= 4 is 36.2 Å². The van der Waals surface area contributed by atoms with Crippen LogP contribution < -0.4 is 5.73 Å². The predicted molar refractivity (Wildman–Crippen MR) is 109 cm³/mol. The number of rotatable bonds is 6. The molecule has 1 saturated heterocycles. The number of nitrogens with zero attached hydrogens (tertiary/aromatic N) is 4. The van der Waals surface area contributed by atoms with Crippen LogP contribution in [0.25, 0.3) is 11.2 Å². The molecule has 1 aromatic carbocycles. The van der Waals surface area contributed by atoms with Crippen LogP contribution in [0.1, 0.15) is 25.0 Å². The summed E-state index contributed by atoms with van der Waals surface area (Å²) in [4.78, 5) is 12.3. The first kappa shape index (κ1) is 21.1. The first-order valence-corrected chi connectivity index (χ1v) is 11.3. The summed E-state index contributed by atoms with van der Waals surface area (Å²) in [6, 6.07) is 4.17. The Balaban J connectivity index is 1.40. The molecule has 1 fully saturated rings. The molecule has 12 heteroatoms. The fraction of sp³-hybridized carbons (Fsp3) is 0.389. The average molecular weight is 456 g/mol. The summed E-state index contributed by atoms with van der Waals surface area (Å²) in [6.07, 6.45) is 1.95. The topological polar surface area (TPSA) is 114 Å². The molecule has 160 valence electrons. The Morgan fingerprint density at radius 1 is 1.43 bits per heavy atom. The third-order valence-corrected chi connectivity index (χ3v) is 6.51. The fourth-order valence-corrected chi connectivity index (χ4v) is 5.00. The zero-order valence-corrected chi connectivity index (χ0v) is 17.7. The second-order valence-electron chi connectivity index (χ2n) is 6.93. The van der Waals surface area contributed by atoms with Gasteiger partial charge < -0.3 is 19.6 Å². The van der Waals surface area contributed by atoms with Crippen molar-refractivity contribution < 1.29 is 22.7 Å². The van der Waals surface area contributed by atoms with E-state index in [0.29, 0.717) is 35.0 Å². The van der Waals surface area contributed by atoms with Crippen molar-refractivity contribution in [3.05, 3.63) is 47.3 Å². The molecule has 0 bridgehead atoms. The molecule has 30 heavy (non-hydrogen) atoms. The SMILES string of the molecule is C[C@H](Cn1cnc2c(N)ncnc21)OCP1(=O)OCC[C@@H](c2cc(Cl)ccc2F)O1. The zero-order chi connectivity index (χ0) is 21.3. The summed E-state index contributed by atoms with van der Waals surface area (Å²) >= 11 is 5.96. The number of hydrogen-bond acceptors (Lipinski definition) is 8. The van der Waals surface area contributed by atoms with Crippen LogP contribution in [-0.4, -0.2) is 38.6 Å². The minimum absolute atomic E-state index is 0.161. The standard InChI is InChI=1S/C18H20ClFN5O4P/c1-11(7-25-9-24-16-17(21)22-8-23-18(16)25)27-10-30(26)28-5-4-15(29-30)13-6-12(19)2-3-14(13)20/h2-3,6,8-9,11,15H,4-5,7,10H2,1H3,(H2,21,22,23)/t11-,15+,30?/m1/s1. The van der Waals surface area contributed by atoms with Gasteiger partial charge in [-0.2, -0.15) is 0 Å². The number of ether oxygens (including phenoxy) is 1. The summed E-state index contributed by atoms with van der Waals surface area (Å²) in [5, 5.41) is 0.373. The molecule has 1 aliphatic rings. The van der Waals surface area contributed by atoms with E-state index in [-0.39, 0.29) is 24.6 Å². The monoisotopic (exact) mass is 455 g/mol. The Morgan fingerprint density at radius 2 is 2.27 bits per heavy atom. The molecule has 2 aromatic heterocycles.